The lowest BCUT2D eigenvalue weighted by molar-refractivity contribution is 0.309. The minimum Gasteiger partial charge on any atom is -0.312 e. The number of rotatable bonds is 2. The highest BCUT2D eigenvalue weighted by Crippen LogP contribution is 2.25. The normalized spacial score (nSPS) is 30.2. The summed E-state index contributed by atoms with van der Waals surface area (Å²) in [5, 5.41) is 3.63. The van der Waals surface area contributed by atoms with Gasteiger partial charge in [0.05, 0.1) is 5.69 Å². The minimum absolute atomic E-state index is 0.734. The number of piperidine rings is 1. The Morgan fingerprint density at radius 3 is 3.19 bits per heavy atom. The van der Waals surface area contributed by atoms with Crippen molar-refractivity contribution >= 4 is 0 Å². The molecule has 3 heterocycles. The van der Waals surface area contributed by atoms with Gasteiger partial charge in [0.2, 0.25) is 0 Å². The average molecular weight is 217 g/mol. The number of pyridine rings is 1. The largest absolute Gasteiger partial charge is 0.312 e. The quantitative estimate of drug-likeness (QED) is 0.808. The monoisotopic (exact) mass is 217 g/mol. The molecule has 0 unspecified atom stereocenters. The van der Waals surface area contributed by atoms with E-state index in [1.165, 1.54) is 38.2 Å². The van der Waals surface area contributed by atoms with Gasteiger partial charge in [-0.25, -0.2) is 0 Å². The second-order valence-electron chi connectivity index (χ2n) is 4.98. The van der Waals surface area contributed by atoms with E-state index in [0.29, 0.717) is 0 Å². The van der Waals surface area contributed by atoms with Gasteiger partial charge < -0.3 is 5.32 Å². The van der Waals surface area contributed by atoms with Crippen LogP contribution in [0.4, 0.5) is 0 Å². The number of aromatic nitrogens is 1. The predicted molar refractivity (Wildman–Crippen MR) is 64.0 cm³/mol. The van der Waals surface area contributed by atoms with Gasteiger partial charge in [0.1, 0.15) is 0 Å². The Balaban J connectivity index is 1.61. The van der Waals surface area contributed by atoms with Gasteiger partial charge in [0.15, 0.2) is 0 Å². The maximum absolute atomic E-state index is 4.40. The highest BCUT2D eigenvalue weighted by atomic mass is 15.2. The third kappa shape index (κ3) is 2.11. The van der Waals surface area contributed by atoms with Gasteiger partial charge in [-0.2, -0.15) is 0 Å². The number of nitrogens with zero attached hydrogens (tertiary/aromatic N) is 2. The van der Waals surface area contributed by atoms with Gasteiger partial charge in [0.25, 0.3) is 0 Å². The molecule has 2 saturated heterocycles. The summed E-state index contributed by atoms with van der Waals surface area (Å²) >= 11 is 0. The van der Waals surface area contributed by atoms with Crippen LogP contribution in [0.2, 0.25) is 0 Å². The lowest BCUT2D eigenvalue weighted by Gasteiger charge is -2.24. The molecule has 3 rings (SSSR count). The van der Waals surface area contributed by atoms with E-state index in [9.17, 15) is 0 Å². The van der Waals surface area contributed by atoms with Gasteiger partial charge in [-0.1, -0.05) is 6.07 Å². The number of fused-ring (bicyclic) bond motifs is 1. The van der Waals surface area contributed by atoms with Gasteiger partial charge in [0, 0.05) is 31.9 Å². The summed E-state index contributed by atoms with van der Waals surface area (Å²) in [5.74, 6) is 0.873. The second-order valence-corrected chi connectivity index (χ2v) is 4.98. The summed E-state index contributed by atoms with van der Waals surface area (Å²) in [5.41, 5.74) is 1.20. The van der Waals surface area contributed by atoms with E-state index in [4.69, 9.17) is 0 Å². The van der Waals surface area contributed by atoms with Crippen LogP contribution >= 0.6 is 0 Å². The molecule has 2 aliphatic rings. The van der Waals surface area contributed by atoms with Crippen LogP contribution in [0, 0.1) is 5.92 Å². The minimum atomic E-state index is 0.734. The van der Waals surface area contributed by atoms with Crippen molar-refractivity contribution in [3.63, 3.8) is 0 Å². The molecule has 86 valence electrons. The van der Waals surface area contributed by atoms with E-state index in [2.05, 4.69) is 27.3 Å². The molecule has 0 aliphatic carbocycles. The fourth-order valence-corrected chi connectivity index (χ4v) is 2.99. The Morgan fingerprint density at radius 1 is 1.38 bits per heavy atom. The van der Waals surface area contributed by atoms with Crippen molar-refractivity contribution in [3.8, 4) is 0 Å². The third-order valence-corrected chi connectivity index (χ3v) is 3.79. The first-order chi connectivity index (χ1) is 7.92. The molecule has 3 heteroatoms. The zero-order valence-electron chi connectivity index (χ0n) is 9.60. The SMILES string of the molecule is c1ccc(CN2C[C@@H]3CCCN[C@@H]3C2)nc1. The zero-order valence-corrected chi connectivity index (χ0v) is 9.60. The van der Waals surface area contributed by atoms with Crippen molar-refractivity contribution in [2.45, 2.75) is 25.4 Å². The van der Waals surface area contributed by atoms with Crippen molar-refractivity contribution in [2.24, 2.45) is 5.92 Å². The first-order valence-electron chi connectivity index (χ1n) is 6.27. The molecule has 1 N–H and O–H groups in total. The highest BCUT2D eigenvalue weighted by molar-refractivity contribution is 5.04. The lowest BCUT2D eigenvalue weighted by atomic mass is 9.94. The smallest absolute Gasteiger partial charge is 0.0543 e. The van der Waals surface area contributed by atoms with E-state index in [1.807, 2.05) is 12.3 Å². The van der Waals surface area contributed by atoms with Crippen LogP contribution in [0.25, 0.3) is 0 Å². The van der Waals surface area contributed by atoms with E-state index in [-0.39, 0.29) is 0 Å². The van der Waals surface area contributed by atoms with Gasteiger partial charge >= 0.3 is 0 Å². The molecule has 0 saturated carbocycles. The third-order valence-electron chi connectivity index (χ3n) is 3.79. The van der Waals surface area contributed by atoms with Crippen molar-refractivity contribution in [3.05, 3.63) is 30.1 Å². The average Bonchev–Trinajstić information content (AvgIpc) is 2.72. The van der Waals surface area contributed by atoms with Crippen molar-refractivity contribution < 1.29 is 0 Å². The van der Waals surface area contributed by atoms with Crippen LogP contribution < -0.4 is 5.32 Å². The zero-order chi connectivity index (χ0) is 10.8. The molecule has 0 amide bonds. The molecule has 2 fully saturated rings. The summed E-state index contributed by atoms with van der Waals surface area (Å²) in [7, 11) is 0. The van der Waals surface area contributed by atoms with Crippen molar-refractivity contribution in [2.75, 3.05) is 19.6 Å². The fourth-order valence-electron chi connectivity index (χ4n) is 2.99. The first-order valence-corrected chi connectivity index (χ1v) is 6.27. The fraction of sp³-hybridized carbons (Fsp3) is 0.615. The Hall–Kier alpha value is -0.930. The molecule has 0 spiro atoms. The van der Waals surface area contributed by atoms with Crippen molar-refractivity contribution in [1.29, 1.82) is 0 Å². The Kier molecular flexibility index (Phi) is 2.89. The summed E-state index contributed by atoms with van der Waals surface area (Å²) < 4.78 is 0. The molecule has 1 aromatic heterocycles. The molecule has 16 heavy (non-hydrogen) atoms. The van der Waals surface area contributed by atoms with E-state index in [0.717, 1.165) is 18.5 Å². The standard InChI is InChI=1S/C13H19N3/c1-2-6-14-12(5-1)9-16-8-11-4-3-7-15-13(11)10-16/h1-2,5-6,11,13,15H,3-4,7-10H2/t11-,13+/m0/s1. The molecule has 2 atom stereocenters. The molecule has 2 aliphatic heterocycles. The number of hydrogen-bond donors (Lipinski definition) is 1. The molecule has 0 aromatic carbocycles. The molecule has 0 radical (unpaired) electrons. The summed E-state index contributed by atoms with van der Waals surface area (Å²) in [4.78, 5) is 6.94. The van der Waals surface area contributed by atoms with Gasteiger partial charge in [-0.05, 0) is 37.4 Å². The van der Waals surface area contributed by atoms with Crippen LogP contribution in [-0.2, 0) is 6.54 Å². The Bertz CT molecular complexity index is 324. The molecule has 1 aromatic rings. The topological polar surface area (TPSA) is 28.2 Å². The van der Waals surface area contributed by atoms with Crippen LogP contribution in [-0.4, -0.2) is 35.6 Å². The molecular formula is C13H19N3. The van der Waals surface area contributed by atoms with E-state index >= 15 is 0 Å². The second kappa shape index (κ2) is 4.52. The Labute approximate surface area is 96.9 Å². The predicted octanol–water partition coefficient (Wildman–Crippen LogP) is 1.27. The van der Waals surface area contributed by atoms with Crippen LogP contribution in [0.15, 0.2) is 24.4 Å². The first kappa shape index (κ1) is 10.2. The maximum Gasteiger partial charge on any atom is 0.0543 e. The van der Waals surface area contributed by atoms with Gasteiger partial charge in [-0.15, -0.1) is 0 Å². The van der Waals surface area contributed by atoms with Crippen LogP contribution in [0.1, 0.15) is 18.5 Å². The van der Waals surface area contributed by atoms with Crippen LogP contribution in [0.3, 0.4) is 0 Å². The number of hydrogen-bond acceptors (Lipinski definition) is 3. The van der Waals surface area contributed by atoms with Crippen LogP contribution in [0.5, 0.6) is 0 Å². The molecule has 0 bridgehead atoms. The number of nitrogens with one attached hydrogen (secondary N) is 1. The lowest BCUT2D eigenvalue weighted by Crippen LogP contribution is -2.40. The Morgan fingerprint density at radius 2 is 2.38 bits per heavy atom. The molecular weight excluding hydrogens is 198 g/mol. The maximum atomic E-state index is 4.40. The van der Waals surface area contributed by atoms with E-state index < -0.39 is 0 Å². The van der Waals surface area contributed by atoms with Gasteiger partial charge in [-0.3, -0.25) is 9.88 Å². The summed E-state index contributed by atoms with van der Waals surface area (Å²) in [6, 6.07) is 6.91. The highest BCUT2D eigenvalue weighted by Gasteiger charge is 2.33. The number of likely N-dealkylation sites (tertiary alicyclic amines) is 1. The van der Waals surface area contributed by atoms with Crippen molar-refractivity contribution in [1.82, 2.24) is 15.2 Å². The van der Waals surface area contributed by atoms with E-state index in [1.54, 1.807) is 0 Å². The summed E-state index contributed by atoms with van der Waals surface area (Å²) in [6.07, 6.45) is 4.63. The summed E-state index contributed by atoms with van der Waals surface area (Å²) in [6.45, 7) is 4.66. The molecule has 3 nitrogen and oxygen atoms in total.